The highest BCUT2D eigenvalue weighted by Gasteiger charge is 2.17. The first-order chi connectivity index (χ1) is 9.72. The van der Waals surface area contributed by atoms with Gasteiger partial charge in [0, 0.05) is 0 Å². The Balaban J connectivity index is 2.26. The van der Waals surface area contributed by atoms with Crippen LogP contribution < -0.4 is 5.32 Å². The van der Waals surface area contributed by atoms with Crippen LogP contribution >= 0.6 is 15.9 Å². The molecule has 1 unspecified atom stereocenters. The van der Waals surface area contributed by atoms with E-state index >= 15 is 0 Å². The molecule has 0 bridgehead atoms. The van der Waals surface area contributed by atoms with E-state index in [4.69, 9.17) is 0 Å². The van der Waals surface area contributed by atoms with Gasteiger partial charge in [-0.1, -0.05) is 37.5 Å². The molecule has 0 amide bonds. The lowest BCUT2D eigenvalue weighted by Gasteiger charge is -2.24. The third-order valence-electron chi connectivity index (χ3n) is 3.88. The fourth-order valence-electron chi connectivity index (χ4n) is 2.84. The number of hydrogen-bond donors (Lipinski definition) is 1. The molecule has 2 rings (SSSR count). The molecular formula is C17H23BrFN. The fraction of sp³-hybridized carbons (Fsp3) is 0.529. The Hall–Kier alpha value is -0.670. The molecule has 1 aromatic carbocycles. The summed E-state index contributed by atoms with van der Waals surface area (Å²) in [5, 5.41) is 3.55. The second-order valence-electron chi connectivity index (χ2n) is 5.40. The molecule has 0 aliphatic heterocycles. The van der Waals surface area contributed by atoms with Crippen molar-refractivity contribution < 1.29 is 4.39 Å². The van der Waals surface area contributed by atoms with E-state index in [0.717, 1.165) is 18.5 Å². The van der Waals surface area contributed by atoms with Crippen molar-refractivity contribution in [1.29, 1.82) is 0 Å². The van der Waals surface area contributed by atoms with Gasteiger partial charge in [-0.2, -0.15) is 0 Å². The van der Waals surface area contributed by atoms with Crippen molar-refractivity contribution in [2.24, 2.45) is 0 Å². The summed E-state index contributed by atoms with van der Waals surface area (Å²) in [6, 6.07) is 5.57. The lowest BCUT2D eigenvalue weighted by molar-refractivity contribution is 0.552. The van der Waals surface area contributed by atoms with Crippen molar-refractivity contribution in [1.82, 2.24) is 5.32 Å². The standard InChI is InChI=1S/C17H23BrFN/c1-2-20-17(13-8-6-4-3-5-7-9-13)14-10-11-16(19)15(18)12-14/h8,10-12,17,20H,2-7,9H2,1H3/b13-8+. The maximum atomic E-state index is 13.4. The molecular weight excluding hydrogens is 317 g/mol. The number of nitrogens with one attached hydrogen (secondary N) is 1. The molecule has 0 fully saturated rings. The van der Waals surface area contributed by atoms with Gasteiger partial charge in [0.05, 0.1) is 10.5 Å². The molecule has 0 heterocycles. The van der Waals surface area contributed by atoms with Gasteiger partial charge in [0.2, 0.25) is 0 Å². The van der Waals surface area contributed by atoms with Crippen molar-refractivity contribution in [3.63, 3.8) is 0 Å². The topological polar surface area (TPSA) is 12.0 Å². The summed E-state index contributed by atoms with van der Waals surface area (Å²) in [6.45, 7) is 3.03. The van der Waals surface area contributed by atoms with Crippen LogP contribution in [0, 0.1) is 5.82 Å². The third kappa shape index (κ3) is 4.16. The van der Waals surface area contributed by atoms with Crippen molar-refractivity contribution >= 4 is 15.9 Å². The van der Waals surface area contributed by atoms with Gasteiger partial charge in [0.15, 0.2) is 0 Å². The van der Waals surface area contributed by atoms with E-state index in [0.29, 0.717) is 4.47 Å². The molecule has 1 atom stereocenters. The molecule has 0 radical (unpaired) electrons. The minimum Gasteiger partial charge on any atom is -0.307 e. The van der Waals surface area contributed by atoms with Crippen LogP contribution in [-0.4, -0.2) is 6.54 Å². The van der Waals surface area contributed by atoms with Gasteiger partial charge in [-0.25, -0.2) is 4.39 Å². The first kappa shape index (κ1) is 15.7. The Bertz CT molecular complexity index is 470. The normalized spacial score (nSPS) is 20.6. The molecule has 1 N–H and O–H groups in total. The SMILES string of the molecule is CCNC(/C1=C/CCCCCC1)c1ccc(F)c(Br)c1. The highest BCUT2D eigenvalue weighted by Crippen LogP contribution is 2.30. The number of likely N-dealkylation sites (N-methyl/N-ethyl adjacent to an activating group) is 1. The van der Waals surface area contributed by atoms with Gasteiger partial charge >= 0.3 is 0 Å². The van der Waals surface area contributed by atoms with Gasteiger partial charge in [-0.3, -0.25) is 0 Å². The molecule has 1 aromatic rings. The third-order valence-corrected chi connectivity index (χ3v) is 4.49. The lowest BCUT2D eigenvalue weighted by atomic mass is 9.91. The zero-order valence-electron chi connectivity index (χ0n) is 12.1. The first-order valence-electron chi connectivity index (χ1n) is 7.59. The summed E-state index contributed by atoms with van der Waals surface area (Å²) >= 11 is 3.30. The van der Waals surface area contributed by atoms with E-state index in [1.165, 1.54) is 37.7 Å². The van der Waals surface area contributed by atoms with Crippen molar-refractivity contribution in [3.05, 3.63) is 45.7 Å². The molecule has 0 spiro atoms. The highest BCUT2D eigenvalue weighted by atomic mass is 79.9. The highest BCUT2D eigenvalue weighted by molar-refractivity contribution is 9.10. The molecule has 1 nitrogen and oxygen atoms in total. The lowest BCUT2D eigenvalue weighted by Crippen LogP contribution is -2.23. The van der Waals surface area contributed by atoms with Crippen LogP contribution in [0.15, 0.2) is 34.3 Å². The largest absolute Gasteiger partial charge is 0.307 e. The summed E-state index contributed by atoms with van der Waals surface area (Å²) < 4.78 is 14.0. The Morgan fingerprint density at radius 3 is 2.80 bits per heavy atom. The molecule has 0 saturated heterocycles. The Labute approximate surface area is 129 Å². The van der Waals surface area contributed by atoms with Gasteiger partial charge < -0.3 is 5.32 Å². The monoisotopic (exact) mass is 339 g/mol. The first-order valence-corrected chi connectivity index (χ1v) is 8.39. The molecule has 0 aromatic heterocycles. The molecule has 1 aliphatic rings. The maximum Gasteiger partial charge on any atom is 0.137 e. The minimum absolute atomic E-state index is 0.198. The van der Waals surface area contributed by atoms with E-state index in [1.54, 1.807) is 6.07 Å². The second-order valence-corrected chi connectivity index (χ2v) is 6.25. The second kappa shape index (κ2) is 7.94. The average molecular weight is 340 g/mol. The Morgan fingerprint density at radius 1 is 1.25 bits per heavy atom. The van der Waals surface area contributed by atoms with Gasteiger partial charge in [-0.15, -0.1) is 0 Å². The van der Waals surface area contributed by atoms with E-state index in [1.807, 2.05) is 12.1 Å². The Kier molecular flexibility index (Phi) is 6.24. The van der Waals surface area contributed by atoms with Crippen LogP contribution in [0.25, 0.3) is 0 Å². The van der Waals surface area contributed by atoms with Gasteiger partial charge in [-0.05, 0) is 65.9 Å². The number of hydrogen-bond acceptors (Lipinski definition) is 1. The summed E-state index contributed by atoms with van der Waals surface area (Å²) in [5.41, 5.74) is 2.61. The Morgan fingerprint density at radius 2 is 2.05 bits per heavy atom. The van der Waals surface area contributed by atoms with Crippen molar-refractivity contribution in [2.45, 2.75) is 51.5 Å². The minimum atomic E-state index is -0.198. The van der Waals surface area contributed by atoms with Crippen molar-refractivity contribution in [2.75, 3.05) is 6.54 Å². The van der Waals surface area contributed by atoms with Crippen LogP contribution in [-0.2, 0) is 0 Å². The van der Waals surface area contributed by atoms with E-state index in [9.17, 15) is 4.39 Å². The van der Waals surface area contributed by atoms with E-state index in [2.05, 4.69) is 34.2 Å². The molecule has 20 heavy (non-hydrogen) atoms. The molecule has 3 heteroatoms. The van der Waals surface area contributed by atoms with Crippen LogP contribution in [0.5, 0.6) is 0 Å². The molecule has 110 valence electrons. The number of allylic oxidation sites excluding steroid dienone is 1. The quantitative estimate of drug-likeness (QED) is 0.712. The fourth-order valence-corrected chi connectivity index (χ4v) is 3.23. The van der Waals surface area contributed by atoms with Crippen LogP contribution in [0.1, 0.15) is 57.1 Å². The number of benzene rings is 1. The van der Waals surface area contributed by atoms with Crippen LogP contribution in [0.3, 0.4) is 0 Å². The number of halogens is 2. The average Bonchev–Trinajstić information content (AvgIpc) is 2.40. The summed E-state index contributed by atoms with van der Waals surface area (Å²) in [7, 11) is 0. The predicted molar refractivity (Wildman–Crippen MR) is 86.3 cm³/mol. The van der Waals surface area contributed by atoms with Gasteiger partial charge in [0.1, 0.15) is 5.82 Å². The smallest absolute Gasteiger partial charge is 0.137 e. The van der Waals surface area contributed by atoms with Crippen LogP contribution in [0.2, 0.25) is 0 Å². The number of rotatable bonds is 4. The summed E-state index contributed by atoms with van der Waals surface area (Å²) in [5.74, 6) is -0.198. The van der Waals surface area contributed by atoms with Gasteiger partial charge in [0.25, 0.3) is 0 Å². The van der Waals surface area contributed by atoms with E-state index < -0.39 is 0 Å². The summed E-state index contributed by atoms with van der Waals surface area (Å²) in [6.07, 6.45) is 9.92. The van der Waals surface area contributed by atoms with Crippen LogP contribution in [0.4, 0.5) is 4.39 Å². The molecule has 0 saturated carbocycles. The predicted octanol–water partition coefficient (Wildman–Crippen LogP) is 5.52. The van der Waals surface area contributed by atoms with E-state index in [-0.39, 0.29) is 11.9 Å². The van der Waals surface area contributed by atoms with Crippen molar-refractivity contribution in [3.8, 4) is 0 Å². The molecule has 1 aliphatic carbocycles. The zero-order valence-corrected chi connectivity index (χ0v) is 13.7. The maximum absolute atomic E-state index is 13.4. The zero-order chi connectivity index (χ0) is 14.4. The summed E-state index contributed by atoms with van der Waals surface area (Å²) in [4.78, 5) is 0.